The Hall–Kier alpha value is -1.55. The second kappa shape index (κ2) is 6.48. The minimum Gasteiger partial charge on any atom is -0.381 e. The van der Waals surface area contributed by atoms with Crippen LogP contribution in [-0.4, -0.2) is 50.7 Å². The van der Waals surface area contributed by atoms with E-state index in [1.807, 2.05) is 30.1 Å². The van der Waals surface area contributed by atoms with Gasteiger partial charge in [-0.25, -0.2) is 0 Å². The maximum Gasteiger partial charge on any atom is 0.255 e. The van der Waals surface area contributed by atoms with Crippen LogP contribution in [0.25, 0.3) is 0 Å². The molecule has 2 aliphatic heterocycles. The molecule has 4 nitrogen and oxygen atoms in total. The van der Waals surface area contributed by atoms with Crippen molar-refractivity contribution in [1.29, 1.82) is 0 Å². The first kappa shape index (κ1) is 14.4. The van der Waals surface area contributed by atoms with Gasteiger partial charge < -0.3 is 14.5 Å². The molecule has 21 heavy (non-hydrogen) atoms. The van der Waals surface area contributed by atoms with Crippen molar-refractivity contribution < 1.29 is 9.53 Å². The second-order valence-electron chi connectivity index (χ2n) is 6.13. The van der Waals surface area contributed by atoms with Crippen molar-refractivity contribution in [3.63, 3.8) is 0 Å². The summed E-state index contributed by atoms with van der Waals surface area (Å²) in [6.07, 6.45) is 3.50. The molecular weight excluding hydrogens is 264 g/mol. The molecule has 2 aliphatic rings. The molecule has 4 heteroatoms. The van der Waals surface area contributed by atoms with Crippen molar-refractivity contribution in [3.8, 4) is 0 Å². The van der Waals surface area contributed by atoms with E-state index in [2.05, 4.69) is 11.0 Å². The number of para-hydroxylation sites is 1. The number of amides is 1. The number of nitrogens with zero attached hydrogens (tertiary/aromatic N) is 2. The Morgan fingerprint density at radius 3 is 2.81 bits per heavy atom. The van der Waals surface area contributed by atoms with Gasteiger partial charge in [-0.05, 0) is 31.4 Å². The minimum atomic E-state index is 0.129. The lowest BCUT2D eigenvalue weighted by Crippen LogP contribution is -2.33. The van der Waals surface area contributed by atoms with Crippen molar-refractivity contribution in [2.45, 2.75) is 19.3 Å². The normalized spacial score (nSPS) is 21.8. The van der Waals surface area contributed by atoms with Crippen LogP contribution in [0.4, 0.5) is 5.69 Å². The molecule has 0 aromatic heterocycles. The number of benzene rings is 1. The van der Waals surface area contributed by atoms with Crippen LogP contribution in [0.1, 0.15) is 29.6 Å². The Labute approximate surface area is 126 Å². The molecule has 0 spiro atoms. The van der Waals surface area contributed by atoms with E-state index in [-0.39, 0.29) is 5.91 Å². The summed E-state index contributed by atoms with van der Waals surface area (Å²) >= 11 is 0. The average Bonchev–Trinajstić information content (AvgIpc) is 3.19. The highest BCUT2D eigenvalue weighted by Gasteiger charge is 2.24. The van der Waals surface area contributed by atoms with Crippen LogP contribution >= 0.6 is 0 Å². The van der Waals surface area contributed by atoms with Crippen molar-refractivity contribution in [2.75, 3.05) is 44.8 Å². The SMILES string of the molecule is CN(CC1CCOC1)C(=O)c1ccccc1N1CCCC1. The van der Waals surface area contributed by atoms with E-state index < -0.39 is 0 Å². The Bertz CT molecular complexity index is 491. The summed E-state index contributed by atoms with van der Waals surface area (Å²) in [4.78, 5) is 17.0. The lowest BCUT2D eigenvalue weighted by molar-refractivity contribution is 0.0766. The molecule has 2 fully saturated rings. The molecule has 0 aliphatic carbocycles. The molecule has 2 heterocycles. The van der Waals surface area contributed by atoms with Crippen LogP contribution < -0.4 is 4.90 Å². The fourth-order valence-corrected chi connectivity index (χ4v) is 3.29. The van der Waals surface area contributed by atoms with Crippen molar-refractivity contribution in [1.82, 2.24) is 4.90 Å². The van der Waals surface area contributed by atoms with Gasteiger partial charge in [0, 0.05) is 44.9 Å². The van der Waals surface area contributed by atoms with E-state index >= 15 is 0 Å². The molecule has 1 amide bonds. The summed E-state index contributed by atoms with van der Waals surface area (Å²) in [6.45, 7) is 4.52. The van der Waals surface area contributed by atoms with E-state index in [0.717, 1.165) is 50.5 Å². The van der Waals surface area contributed by atoms with E-state index in [1.54, 1.807) is 0 Å². The van der Waals surface area contributed by atoms with Crippen LogP contribution in [-0.2, 0) is 4.74 Å². The van der Waals surface area contributed by atoms with Gasteiger partial charge >= 0.3 is 0 Å². The van der Waals surface area contributed by atoms with E-state index in [4.69, 9.17) is 4.74 Å². The highest BCUT2D eigenvalue weighted by atomic mass is 16.5. The van der Waals surface area contributed by atoms with Gasteiger partial charge in [0.1, 0.15) is 0 Å². The van der Waals surface area contributed by atoms with Gasteiger partial charge in [-0.3, -0.25) is 4.79 Å². The first-order chi connectivity index (χ1) is 10.3. The molecule has 1 aromatic rings. The van der Waals surface area contributed by atoms with Crippen LogP contribution in [0.2, 0.25) is 0 Å². The Kier molecular flexibility index (Phi) is 4.44. The van der Waals surface area contributed by atoms with Crippen molar-refractivity contribution >= 4 is 11.6 Å². The zero-order valence-electron chi connectivity index (χ0n) is 12.8. The van der Waals surface area contributed by atoms with E-state index in [0.29, 0.717) is 5.92 Å². The molecule has 2 saturated heterocycles. The van der Waals surface area contributed by atoms with Gasteiger partial charge in [-0.2, -0.15) is 0 Å². The first-order valence-electron chi connectivity index (χ1n) is 7.93. The number of hydrogen-bond donors (Lipinski definition) is 0. The number of hydrogen-bond acceptors (Lipinski definition) is 3. The zero-order chi connectivity index (χ0) is 14.7. The maximum absolute atomic E-state index is 12.8. The summed E-state index contributed by atoms with van der Waals surface area (Å²) in [5.41, 5.74) is 1.93. The predicted molar refractivity (Wildman–Crippen MR) is 83.8 cm³/mol. The third kappa shape index (κ3) is 3.21. The molecule has 1 atom stereocenters. The van der Waals surface area contributed by atoms with Crippen LogP contribution in [0.5, 0.6) is 0 Å². The first-order valence-corrected chi connectivity index (χ1v) is 7.93. The summed E-state index contributed by atoms with van der Waals surface area (Å²) in [5.74, 6) is 0.613. The van der Waals surface area contributed by atoms with Crippen LogP contribution in [0.3, 0.4) is 0 Å². The maximum atomic E-state index is 12.8. The summed E-state index contributed by atoms with van der Waals surface area (Å²) < 4.78 is 5.40. The van der Waals surface area contributed by atoms with Gasteiger partial charge in [-0.1, -0.05) is 12.1 Å². The molecule has 1 unspecified atom stereocenters. The third-order valence-corrected chi connectivity index (χ3v) is 4.48. The van der Waals surface area contributed by atoms with E-state index in [1.165, 1.54) is 12.8 Å². The second-order valence-corrected chi connectivity index (χ2v) is 6.13. The fourth-order valence-electron chi connectivity index (χ4n) is 3.29. The smallest absolute Gasteiger partial charge is 0.255 e. The van der Waals surface area contributed by atoms with Gasteiger partial charge in [0.05, 0.1) is 12.2 Å². The summed E-state index contributed by atoms with van der Waals surface area (Å²) in [6, 6.07) is 8.01. The van der Waals surface area contributed by atoms with E-state index in [9.17, 15) is 4.79 Å². The molecule has 3 rings (SSSR count). The summed E-state index contributed by atoms with van der Waals surface area (Å²) in [7, 11) is 1.90. The lowest BCUT2D eigenvalue weighted by Gasteiger charge is -2.25. The molecule has 0 bridgehead atoms. The van der Waals surface area contributed by atoms with Gasteiger partial charge in [-0.15, -0.1) is 0 Å². The zero-order valence-corrected chi connectivity index (χ0v) is 12.8. The van der Waals surface area contributed by atoms with Crippen LogP contribution in [0, 0.1) is 5.92 Å². The molecule has 0 saturated carbocycles. The summed E-state index contributed by atoms with van der Waals surface area (Å²) in [5, 5.41) is 0. The standard InChI is InChI=1S/C17H24N2O2/c1-18(12-14-8-11-21-13-14)17(20)15-6-2-3-7-16(15)19-9-4-5-10-19/h2-3,6-7,14H,4-5,8-13H2,1H3. The number of carbonyl (C=O) groups excluding carboxylic acids is 1. The molecule has 114 valence electrons. The number of anilines is 1. The van der Waals surface area contributed by atoms with Gasteiger partial charge in [0.2, 0.25) is 0 Å². The lowest BCUT2D eigenvalue weighted by atomic mass is 10.1. The largest absolute Gasteiger partial charge is 0.381 e. The monoisotopic (exact) mass is 288 g/mol. The minimum absolute atomic E-state index is 0.129. The van der Waals surface area contributed by atoms with Gasteiger partial charge in [0.25, 0.3) is 5.91 Å². The quantitative estimate of drug-likeness (QED) is 0.853. The van der Waals surface area contributed by atoms with Crippen LogP contribution in [0.15, 0.2) is 24.3 Å². The molecule has 1 aromatic carbocycles. The third-order valence-electron chi connectivity index (χ3n) is 4.48. The highest BCUT2D eigenvalue weighted by molar-refractivity contribution is 5.99. The molecule has 0 N–H and O–H groups in total. The number of carbonyl (C=O) groups is 1. The molecular formula is C17H24N2O2. The Morgan fingerprint density at radius 1 is 1.33 bits per heavy atom. The molecule has 0 radical (unpaired) electrons. The predicted octanol–water partition coefficient (Wildman–Crippen LogP) is 2.40. The average molecular weight is 288 g/mol. The Morgan fingerprint density at radius 2 is 2.10 bits per heavy atom. The highest BCUT2D eigenvalue weighted by Crippen LogP contribution is 2.26. The van der Waals surface area contributed by atoms with Crippen molar-refractivity contribution in [2.24, 2.45) is 5.92 Å². The number of ether oxygens (including phenoxy) is 1. The topological polar surface area (TPSA) is 32.8 Å². The fraction of sp³-hybridized carbons (Fsp3) is 0.588. The van der Waals surface area contributed by atoms with Gasteiger partial charge in [0.15, 0.2) is 0 Å². The Balaban J connectivity index is 1.73. The van der Waals surface area contributed by atoms with Crippen molar-refractivity contribution in [3.05, 3.63) is 29.8 Å². The number of rotatable bonds is 4.